The molecule has 5 heteroatoms. The van der Waals surface area contributed by atoms with Crippen LogP contribution in [0, 0.1) is 13.8 Å². The van der Waals surface area contributed by atoms with Crippen LogP contribution >= 0.6 is 0 Å². The summed E-state index contributed by atoms with van der Waals surface area (Å²) >= 11 is 0. The predicted octanol–water partition coefficient (Wildman–Crippen LogP) is 5.59. The Hall–Kier alpha value is -2.63. The Bertz CT molecular complexity index is 964. The van der Waals surface area contributed by atoms with E-state index in [1.54, 1.807) is 4.90 Å². The molecule has 0 saturated carbocycles. The first-order valence-electron chi connectivity index (χ1n) is 12.3. The molecule has 2 aliphatic rings. The van der Waals surface area contributed by atoms with Crippen LogP contribution in [0.3, 0.4) is 0 Å². The van der Waals surface area contributed by atoms with Crippen molar-refractivity contribution in [2.24, 2.45) is 0 Å². The summed E-state index contributed by atoms with van der Waals surface area (Å²) < 4.78 is 5.37. The van der Waals surface area contributed by atoms with Crippen LogP contribution < -0.4 is 5.32 Å². The molecule has 0 atom stereocenters. The molecule has 0 spiro atoms. The highest BCUT2D eigenvalue weighted by molar-refractivity contribution is 5.68. The molecule has 1 fully saturated rings. The summed E-state index contributed by atoms with van der Waals surface area (Å²) in [4.78, 5) is 13.7. The van der Waals surface area contributed by atoms with Crippen molar-refractivity contribution in [2.45, 2.75) is 65.1 Å². The normalized spacial score (nSPS) is 17.8. The minimum Gasteiger partial charge on any atom is -0.444 e. The van der Waals surface area contributed by atoms with Gasteiger partial charge in [-0.25, -0.2) is 4.79 Å². The van der Waals surface area contributed by atoms with E-state index in [0.717, 1.165) is 25.1 Å². The third kappa shape index (κ3) is 7.44. The van der Waals surface area contributed by atoms with Gasteiger partial charge in [0, 0.05) is 19.6 Å². The largest absolute Gasteiger partial charge is 0.444 e. The van der Waals surface area contributed by atoms with Gasteiger partial charge in [-0.3, -0.25) is 0 Å². The fourth-order valence-electron chi connectivity index (χ4n) is 4.19. The Morgan fingerprint density at radius 3 is 2.03 bits per heavy atom. The first-order valence-corrected chi connectivity index (χ1v) is 12.3. The molecular weight excluding hydrogens is 424 g/mol. The molecule has 4 rings (SSSR count). The molecule has 2 heterocycles. The van der Waals surface area contributed by atoms with Crippen LogP contribution in [0.25, 0.3) is 5.57 Å². The number of aryl methyl sites for hydroxylation is 2. The molecular formula is C29H40N2O3. The van der Waals surface area contributed by atoms with E-state index >= 15 is 0 Å². The molecule has 5 nitrogen and oxygen atoms in total. The van der Waals surface area contributed by atoms with Crippen LogP contribution in [0.5, 0.6) is 0 Å². The summed E-state index contributed by atoms with van der Waals surface area (Å²) in [5.74, 6) is 0. The van der Waals surface area contributed by atoms with Gasteiger partial charge in [0.05, 0.1) is 5.60 Å². The topological polar surface area (TPSA) is 61.8 Å². The highest BCUT2D eigenvalue weighted by Crippen LogP contribution is 2.33. The number of nitrogens with zero attached hydrogens (tertiary/aromatic N) is 1. The number of ether oxygens (including phenoxy) is 1. The second-order valence-electron chi connectivity index (χ2n) is 10.4. The summed E-state index contributed by atoms with van der Waals surface area (Å²) in [6.45, 7) is 12.9. The number of piperidine rings is 1. The Labute approximate surface area is 204 Å². The van der Waals surface area contributed by atoms with Crippen LogP contribution in [-0.2, 0) is 10.3 Å². The maximum atomic E-state index is 12.0. The summed E-state index contributed by atoms with van der Waals surface area (Å²) in [5.41, 5.74) is 4.98. The molecule has 0 aromatic heterocycles. The monoisotopic (exact) mass is 464 g/mol. The highest BCUT2D eigenvalue weighted by Gasteiger charge is 2.36. The standard InChI is InChI=1S/C17H25NO3.C12H15N/c1-13-5-7-14(8-6-13)17(20)9-11-18(12-10-17)15(19)21-16(2,3)4;1-10-2-4-11(5-3-10)12-6-8-13-9-7-12/h5-8,20H,9-12H2,1-4H3;2-6,13H,7-9H2,1H3. The fraction of sp³-hybridized carbons (Fsp3) is 0.483. The van der Waals surface area contributed by atoms with Crippen molar-refractivity contribution in [3.8, 4) is 0 Å². The zero-order valence-corrected chi connectivity index (χ0v) is 21.4. The SMILES string of the molecule is Cc1ccc(C2(O)CCN(C(=O)OC(C)(C)C)CC2)cc1.Cc1ccc(C2=CCNCC2)cc1. The first-order chi connectivity index (χ1) is 16.1. The van der Waals surface area contributed by atoms with Crippen LogP contribution in [0.2, 0.25) is 0 Å². The smallest absolute Gasteiger partial charge is 0.410 e. The van der Waals surface area contributed by atoms with Gasteiger partial charge in [-0.15, -0.1) is 0 Å². The Morgan fingerprint density at radius 2 is 1.53 bits per heavy atom. The molecule has 34 heavy (non-hydrogen) atoms. The minimum absolute atomic E-state index is 0.298. The van der Waals surface area contributed by atoms with Gasteiger partial charge in [0.25, 0.3) is 0 Å². The van der Waals surface area contributed by atoms with E-state index < -0.39 is 11.2 Å². The van der Waals surface area contributed by atoms with E-state index in [1.807, 2.05) is 52.0 Å². The van der Waals surface area contributed by atoms with Crippen molar-refractivity contribution in [2.75, 3.05) is 26.2 Å². The lowest BCUT2D eigenvalue weighted by Crippen LogP contribution is -2.46. The molecule has 0 bridgehead atoms. The van der Waals surface area contributed by atoms with Crippen molar-refractivity contribution < 1.29 is 14.6 Å². The van der Waals surface area contributed by atoms with E-state index in [4.69, 9.17) is 4.74 Å². The number of carbonyl (C=O) groups is 1. The molecule has 0 unspecified atom stereocenters. The van der Waals surface area contributed by atoms with E-state index in [2.05, 4.69) is 42.6 Å². The third-order valence-corrected chi connectivity index (χ3v) is 6.32. The number of aliphatic hydroxyl groups is 1. The Balaban J connectivity index is 0.000000212. The van der Waals surface area contributed by atoms with Gasteiger partial charge < -0.3 is 20.1 Å². The van der Waals surface area contributed by atoms with Gasteiger partial charge in [0.15, 0.2) is 0 Å². The molecule has 1 saturated heterocycles. The number of amides is 1. The van der Waals surface area contributed by atoms with Gasteiger partial charge in [-0.1, -0.05) is 65.7 Å². The van der Waals surface area contributed by atoms with Crippen LogP contribution in [0.4, 0.5) is 4.79 Å². The van der Waals surface area contributed by atoms with Crippen molar-refractivity contribution in [1.82, 2.24) is 10.2 Å². The molecule has 2 aliphatic heterocycles. The van der Waals surface area contributed by atoms with E-state index in [-0.39, 0.29) is 6.09 Å². The lowest BCUT2D eigenvalue weighted by Gasteiger charge is -2.39. The van der Waals surface area contributed by atoms with Crippen molar-refractivity contribution >= 4 is 11.7 Å². The lowest BCUT2D eigenvalue weighted by atomic mass is 9.84. The van der Waals surface area contributed by atoms with Gasteiger partial charge in [0.1, 0.15) is 5.60 Å². The van der Waals surface area contributed by atoms with Gasteiger partial charge in [0.2, 0.25) is 0 Å². The van der Waals surface area contributed by atoms with E-state index in [9.17, 15) is 9.90 Å². The highest BCUT2D eigenvalue weighted by atomic mass is 16.6. The summed E-state index contributed by atoms with van der Waals surface area (Å²) in [7, 11) is 0. The van der Waals surface area contributed by atoms with Crippen LogP contribution in [0.1, 0.15) is 62.3 Å². The van der Waals surface area contributed by atoms with E-state index in [0.29, 0.717) is 25.9 Å². The second kappa shape index (κ2) is 11.2. The number of benzene rings is 2. The summed E-state index contributed by atoms with van der Waals surface area (Å²) in [6.07, 6.45) is 4.22. The summed E-state index contributed by atoms with van der Waals surface area (Å²) in [6, 6.07) is 16.7. The molecule has 1 amide bonds. The Kier molecular flexibility index (Phi) is 8.56. The second-order valence-corrected chi connectivity index (χ2v) is 10.4. The zero-order valence-electron chi connectivity index (χ0n) is 21.4. The van der Waals surface area contributed by atoms with E-state index in [1.165, 1.54) is 22.3 Å². The van der Waals surface area contributed by atoms with Gasteiger partial charge >= 0.3 is 6.09 Å². The molecule has 2 aromatic carbocycles. The third-order valence-electron chi connectivity index (χ3n) is 6.32. The summed E-state index contributed by atoms with van der Waals surface area (Å²) in [5, 5.41) is 14.1. The molecule has 184 valence electrons. The van der Waals surface area contributed by atoms with Crippen LogP contribution in [0.15, 0.2) is 54.6 Å². The lowest BCUT2D eigenvalue weighted by molar-refractivity contribution is -0.0356. The molecule has 2 N–H and O–H groups in total. The zero-order chi connectivity index (χ0) is 24.8. The minimum atomic E-state index is -0.841. The number of hydrogen-bond donors (Lipinski definition) is 2. The average Bonchev–Trinajstić information content (AvgIpc) is 2.80. The van der Waals surface area contributed by atoms with Gasteiger partial charge in [-0.2, -0.15) is 0 Å². The maximum absolute atomic E-state index is 12.0. The predicted molar refractivity (Wildman–Crippen MR) is 139 cm³/mol. The van der Waals surface area contributed by atoms with Crippen molar-refractivity contribution in [3.05, 3.63) is 76.9 Å². The number of likely N-dealkylation sites (tertiary alicyclic amines) is 1. The molecule has 0 aliphatic carbocycles. The van der Waals surface area contributed by atoms with Crippen LogP contribution in [-0.4, -0.2) is 47.9 Å². The fourth-order valence-corrected chi connectivity index (χ4v) is 4.19. The number of carbonyl (C=O) groups excluding carboxylic acids is 1. The molecule has 0 radical (unpaired) electrons. The number of hydrogen-bond acceptors (Lipinski definition) is 4. The maximum Gasteiger partial charge on any atom is 0.410 e. The van der Waals surface area contributed by atoms with Gasteiger partial charge in [-0.05, 0) is 77.1 Å². The quantitative estimate of drug-likeness (QED) is 0.609. The van der Waals surface area contributed by atoms with Crippen molar-refractivity contribution in [1.29, 1.82) is 0 Å². The van der Waals surface area contributed by atoms with Crippen molar-refractivity contribution in [3.63, 3.8) is 0 Å². The number of nitrogens with one attached hydrogen (secondary N) is 1. The first kappa shape index (κ1) is 26.0. The molecule has 2 aromatic rings. The average molecular weight is 465 g/mol. The Morgan fingerprint density at radius 1 is 0.971 bits per heavy atom. The number of rotatable bonds is 2.